The van der Waals surface area contributed by atoms with Crippen molar-refractivity contribution in [1.29, 1.82) is 0 Å². The van der Waals surface area contributed by atoms with Crippen LogP contribution >= 0.6 is 23.1 Å². The molecule has 0 bridgehead atoms. The largest absolute Gasteiger partial charge is 0.344 e. The summed E-state index contributed by atoms with van der Waals surface area (Å²) in [5, 5.41) is 15.7. The molecule has 1 saturated carbocycles. The number of aromatic nitrogens is 2. The van der Waals surface area contributed by atoms with Crippen LogP contribution in [0.15, 0.2) is 22.5 Å². The lowest BCUT2D eigenvalue weighted by molar-refractivity contribution is -0.139. The second-order valence-corrected chi connectivity index (χ2v) is 9.98. The molecule has 1 aromatic heterocycles. The number of thioether (sulfide) groups is 1. The summed E-state index contributed by atoms with van der Waals surface area (Å²) in [6.45, 7) is 4.08. The van der Waals surface area contributed by atoms with Gasteiger partial charge in [0.1, 0.15) is 5.54 Å². The van der Waals surface area contributed by atoms with E-state index in [2.05, 4.69) is 26.3 Å². The van der Waals surface area contributed by atoms with E-state index in [4.69, 9.17) is 0 Å². The smallest absolute Gasteiger partial charge is 0.330 e. The van der Waals surface area contributed by atoms with Crippen LogP contribution in [0.5, 0.6) is 0 Å². The minimum absolute atomic E-state index is 0.0160. The number of carbonyl (C=O) groups is 3. The first-order valence-electron chi connectivity index (χ1n) is 10.1. The van der Waals surface area contributed by atoms with Gasteiger partial charge in [-0.25, -0.2) is 4.79 Å². The Balaban J connectivity index is 1.31. The third-order valence-electron chi connectivity index (χ3n) is 5.68. The Morgan fingerprint density at radius 1 is 1.23 bits per heavy atom. The topological polar surface area (TPSA) is 116 Å². The number of imide groups is 1. The van der Waals surface area contributed by atoms with E-state index in [1.807, 2.05) is 32.0 Å². The lowest BCUT2D eigenvalue weighted by atomic mass is 9.82. The van der Waals surface area contributed by atoms with Gasteiger partial charge in [0.25, 0.3) is 5.91 Å². The van der Waals surface area contributed by atoms with Gasteiger partial charge in [-0.05, 0) is 43.9 Å². The molecule has 164 valence electrons. The molecule has 4 rings (SSSR count). The molecular weight excluding hydrogens is 436 g/mol. The van der Waals surface area contributed by atoms with Crippen LogP contribution in [0.25, 0.3) is 0 Å². The summed E-state index contributed by atoms with van der Waals surface area (Å²) >= 11 is 2.54. The highest BCUT2D eigenvalue weighted by Gasteiger charge is 2.52. The van der Waals surface area contributed by atoms with Gasteiger partial charge in [0.05, 0.1) is 5.75 Å². The first-order chi connectivity index (χ1) is 14.9. The number of urea groups is 1. The minimum atomic E-state index is -0.858. The average molecular weight is 461 g/mol. The SMILES string of the molecule is Cc1cccc(Nc2nnc(SCC(=O)NN3C(=O)NC4(CCCCC4)C3=O)s2)c1C. The van der Waals surface area contributed by atoms with Crippen molar-refractivity contribution in [2.45, 2.75) is 55.8 Å². The van der Waals surface area contributed by atoms with Gasteiger partial charge < -0.3 is 10.6 Å². The molecule has 1 aromatic carbocycles. The molecule has 2 aromatic rings. The number of benzene rings is 1. The zero-order valence-corrected chi connectivity index (χ0v) is 19.0. The monoisotopic (exact) mass is 460 g/mol. The first kappa shape index (κ1) is 21.6. The quantitative estimate of drug-likeness (QED) is 0.447. The number of carbonyl (C=O) groups excluding carboxylic acids is 3. The van der Waals surface area contributed by atoms with Crippen molar-refractivity contribution in [2.24, 2.45) is 0 Å². The van der Waals surface area contributed by atoms with Crippen LogP contribution in [0.4, 0.5) is 15.6 Å². The van der Waals surface area contributed by atoms with E-state index in [1.54, 1.807) is 0 Å². The molecule has 11 heteroatoms. The summed E-state index contributed by atoms with van der Waals surface area (Å²) in [7, 11) is 0. The molecule has 1 saturated heterocycles. The summed E-state index contributed by atoms with van der Waals surface area (Å²) in [6, 6.07) is 5.42. The lowest BCUT2D eigenvalue weighted by Gasteiger charge is -2.30. The van der Waals surface area contributed by atoms with E-state index in [0.717, 1.165) is 35.5 Å². The van der Waals surface area contributed by atoms with Crippen molar-refractivity contribution in [3.8, 4) is 0 Å². The summed E-state index contributed by atoms with van der Waals surface area (Å²) in [5.41, 5.74) is 4.85. The average Bonchev–Trinajstić information content (AvgIpc) is 3.29. The maximum absolute atomic E-state index is 12.7. The van der Waals surface area contributed by atoms with E-state index < -0.39 is 17.5 Å². The third-order valence-corrected chi connectivity index (χ3v) is 7.66. The molecule has 1 aliphatic heterocycles. The zero-order chi connectivity index (χ0) is 22.0. The van der Waals surface area contributed by atoms with E-state index in [1.165, 1.54) is 28.7 Å². The van der Waals surface area contributed by atoms with Crippen molar-refractivity contribution in [1.82, 2.24) is 25.9 Å². The summed E-state index contributed by atoms with van der Waals surface area (Å²) in [5.74, 6) is -0.797. The highest BCUT2D eigenvalue weighted by atomic mass is 32.2. The summed E-state index contributed by atoms with van der Waals surface area (Å²) in [6.07, 6.45) is 4.05. The molecule has 2 aliphatic rings. The van der Waals surface area contributed by atoms with Crippen LogP contribution in [0, 0.1) is 13.8 Å². The van der Waals surface area contributed by atoms with Crippen LogP contribution in [-0.2, 0) is 9.59 Å². The van der Waals surface area contributed by atoms with Gasteiger partial charge in [-0.1, -0.05) is 54.5 Å². The van der Waals surface area contributed by atoms with Crippen LogP contribution in [0.3, 0.4) is 0 Å². The minimum Gasteiger partial charge on any atom is -0.330 e. The number of amides is 4. The standard InChI is InChI=1S/C20H24N6O3S2/c1-12-7-6-8-14(13(12)2)21-17-23-24-19(31-17)30-11-15(27)25-26-16(28)20(22-18(26)29)9-4-3-5-10-20/h6-8H,3-5,9-11H2,1-2H3,(H,21,23)(H,22,29)(H,25,27). The Hall–Kier alpha value is -2.66. The van der Waals surface area contributed by atoms with Crippen LogP contribution < -0.4 is 16.1 Å². The fraction of sp³-hybridized carbons (Fsp3) is 0.450. The van der Waals surface area contributed by atoms with E-state index >= 15 is 0 Å². The molecule has 0 atom stereocenters. The molecule has 0 unspecified atom stereocenters. The number of aryl methyl sites for hydroxylation is 1. The van der Waals surface area contributed by atoms with Gasteiger partial charge >= 0.3 is 6.03 Å². The number of hydrogen-bond acceptors (Lipinski definition) is 8. The molecule has 4 amide bonds. The molecular formula is C20H24N6O3S2. The van der Waals surface area contributed by atoms with Crippen molar-refractivity contribution in [3.63, 3.8) is 0 Å². The highest BCUT2D eigenvalue weighted by Crippen LogP contribution is 2.33. The van der Waals surface area contributed by atoms with Crippen molar-refractivity contribution in [2.75, 3.05) is 11.1 Å². The molecule has 9 nitrogen and oxygen atoms in total. The Kier molecular flexibility index (Phi) is 6.15. The van der Waals surface area contributed by atoms with E-state index in [-0.39, 0.29) is 11.7 Å². The van der Waals surface area contributed by atoms with E-state index in [9.17, 15) is 14.4 Å². The molecule has 1 spiro atoms. The van der Waals surface area contributed by atoms with Crippen LogP contribution in [-0.4, -0.2) is 44.3 Å². The van der Waals surface area contributed by atoms with E-state index in [0.29, 0.717) is 22.3 Å². The fourth-order valence-electron chi connectivity index (χ4n) is 3.82. The summed E-state index contributed by atoms with van der Waals surface area (Å²) in [4.78, 5) is 37.3. The number of anilines is 2. The first-order valence-corrected chi connectivity index (χ1v) is 11.9. The Bertz CT molecular complexity index is 1020. The Labute approximate surface area is 188 Å². The van der Waals surface area contributed by atoms with Gasteiger partial charge in [0, 0.05) is 5.69 Å². The predicted octanol–water partition coefficient (Wildman–Crippen LogP) is 3.28. The lowest BCUT2D eigenvalue weighted by Crippen LogP contribution is -2.51. The van der Waals surface area contributed by atoms with Gasteiger partial charge in [-0.2, -0.15) is 5.01 Å². The summed E-state index contributed by atoms with van der Waals surface area (Å²) < 4.78 is 0.615. The van der Waals surface area contributed by atoms with Gasteiger partial charge in [0.15, 0.2) is 4.34 Å². The predicted molar refractivity (Wildman–Crippen MR) is 119 cm³/mol. The molecule has 2 heterocycles. The number of nitrogens with zero attached hydrogens (tertiary/aromatic N) is 3. The maximum Gasteiger partial charge on any atom is 0.344 e. The van der Waals surface area contributed by atoms with Crippen LogP contribution in [0.2, 0.25) is 0 Å². The molecule has 0 radical (unpaired) electrons. The number of hydrazine groups is 1. The van der Waals surface area contributed by atoms with Gasteiger partial charge in [0.2, 0.25) is 11.0 Å². The van der Waals surface area contributed by atoms with Gasteiger partial charge in [-0.3, -0.25) is 15.0 Å². The number of nitrogens with one attached hydrogen (secondary N) is 3. The second kappa shape index (κ2) is 8.83. The van der Waals surface area contributed by atoms with Gasteiger partial charge in [-0.15, -0.1) is 10.2 Å². The van der Waals surface area contributed by atoms with Crippen molar-refractivity contribution in [3.05, 3.63) is 29.3 Å². The fourth-order valence-corrected chi connectivity index (χ4v) is 5.38. The zero-order valence-electron chi connectivity index (χ0n) is 17.4. The Morgan fingerprint density at radius 3 is 2.77 bits per heavy atom. The molecule has 3 N–H and O–H groups in total. The number of rotatable bonds is 6. The highest BCUT2D eigenvalue weighted by molar-refractivity contribution is 8.01. The normalized spacial score (nSPS) is 17.7. The molecule has 1 aliphatic carbocycles. The Morgan fingerprint density at radius 2 is 2.00 bits per heavy atom. The van der Waals surface area contributed by atoms with Crippen molar-refractivity contribution < 1.29 is 14.4 Å². The molecule has 2 fully saturated rings. The van der Waals surface area contributed by atoms with Crippen LogP contribution in [0.1, 0.15) is 43.2 Å². The number of hydrogen-bond donors (Lipinski definition) is 3. The maximum atomic E-state index is 12.7. The third kappa shape index (κ3) is 4.52. The molecule has 31 heavy (non-hydrogen) atoms. The van der Waals surface area contributed by atoms with Crippen molar-refractivity contribution >= 4 is 51.8 Å². The second-order valence-electron chi connectivity index (χ2n) is 7.78.